The summed E-state index contributed by atoms with van der Waals surface area (Å²) in [5.74, 6) is 6.00. The van der Waals surface area contributed by atoms with E-state index in [1.807, 2.05) is 16.3 Å². The van der Waals surface area contributed by atoms with Crippen LogP contribution in [0.2, 0.25) is 0 Å². The van der Waals surface area contributed by atoms with Crippen LogP contribution in [0.1, 0.15) is 54.8 Å². The Morgan fingerprint density at radius 1 is 1.48 bits per heavy atom. The van der Waals surface area contributed by atoms with Crippen LogP contribution in [-0.2, 0) is 0 Å². The van der Waals surface area contributed by atoms with Gasteiger partial charge in [-0.2, -0.15) is 0 Å². The number of carbonyl (C=O) groups excluding carboxylic acids is 1. The molecule has 0 bridgehead atoms. The number of rotatable bonds is 3. The molecule has 0 saturated carbocycles. The summed E-state index contributed by atoms with van der Waals surface area (Å²) in [5, 5.41) is 10.7. The topological polar surface area (TPSA) is 40.5 Å². The Bertz CT molecular complexity index is 545. The number of nitrogens with zero attached hydrogens (tertiary/aromatic N) is 1. The molecule has 4 heteroatoms. The molecule has 114 valence electrons. The lowest BCUT2D eigenvalue weighted by molar-refractivity contribution is 0.0605. The second kappa shape index (κ2) is 7.11. The van der Waals surface area contributed by atoms with Gasteiger partial charge in [0.2, 0.25) is 0 Å². The molecule has 0 atom stereocenters. The van der Waals surface area contributed by atoms with Crippen LogP contribution in [0.25, 0.3) is 0 Å². The Morgan fingerprint density at radius 3 is 2.81 bits per heavy atom. The number of aliphatic hydroxyl groups is 1. The van der Waals surface area contributed by atoms with Crippen LogP contribution in [0.5, 0.6) is 0 Å². The molecule has 1 aliphatic rings. The van der Waals surface area contributed by atoms with Crippen molar-refractivity contribution < 1.29 is 9.90 Å². The first-order valence-electron chi connectivity index (χ1n) is 7.56. The summed E-state index contributed by atoms with van der Waals surface area (Å²) in [5.41, 5.74) is 1.18. The fourth-order valence-electron chi connectivity index (χ4n) is 2.53. The minimum Gasteiger partial charge on any atom is -0.395 e. The summed E-state index contributed by atoms with van der Waals surface area (Å²) >= 11 is 1.46. The average Bonchev–Trinajstić information content (AvgIpc) is 2.96. The van der Waals surface area contributed by atoms with Crippen LogP contribution >= 0.6 is 11.3 Å². The summed E-state index contributed by atoms with van der Waals surface area (Å²) in [6, 6.07) is 1.89. The SMILES string of the molecule is CCC1(C)CCN(C(=O)c2sccc2C#CCCO)CC1. The van der Waals surface area contributed by atoms with Crippen molar-refractivity contribution >= 4 is 17.2 Å². The smallest absolute Gasteiger partial charge is 0.265 e. The van der Waals surface area contributed by atoms with Crippen LogP contribution in [0.4, 0.5) is 0 Å². The number of amides is 1. The van der Waals surface area contributed by atoms with Gasteiger partial charge in [0.1, 0.15) is 4.88 Å². The van der Waals surface area contributed by atoms with E-state index in [4.69, 9.17) is 5.11 Å². The molecular weight excluding hydrogens is 282 g/mol. The van der Waals surface area contributed by atoms with E-state index >= 15 is 0 Å². The van der Waals surface area contributed by atoms with E-state index in [1.165, 1.54) is 17.8 Å². The minimum absolute atomic E-state index is 0.0577. The highest BCUT2D eigenvalue weighted by molar-refractivity contribution is 7.12. The second-order valence-corrected chi connectivity index (χ2v) is 6.81. The van der Waals surface area contributed by atoms with E-state index in [-0.39, 0.29) is 12.5 Å². The first-order valence-corrected chi connectivity index (χ1v) is 8.44. The van der Waals surface area contributed by atoms with Crippen molar-refractivity contribution in [3.8, 4) is 11.8 Å². The largest absolute Gasteiger partial charge is 0.395 e. The maximum absolute atomic E-state index is 12.6. The van der Waals surface area contributed by atoms with Crippen molar-refractivity contribution in [1.29, 1.82) is 0 Å². The maximum Gasteiger partial charge on any atom is 0.265 e. The van der Waals surface area contributed by atoms with Crippen LogP contribution in [0.15, 0.2) is 11.4 Å². The van der Waals surface area contributed by atoms with Crippen molar-refractivity contribution in [2.24, 2.45) is 5.41 Å². The predicted octanol–water partition coefficient (Wildman–Crippen LogP) is 3.13. The number of hydrogen-bond acceptors (Lipinski definition) is 3. The summed E-state index contributed by atoms with van der Waals surface area (Å²) in [6.07, 6.45) is 3.77. The van der Waals surface area contributed by atoms with Gasteiger partial charge in [-0.3, -0.25) is 4.79 Å². The normalized spacial score (nSPS) is 17.2. The number of hydrogen-bond donors (Lipinski definition) is 1. The quantitative estimate of drug-likeness (QED) is 0.872. The predicted molar refractivity (Wildman–Crippen MR) is 86.4 cm³/mol. The molecule has 0 aliphatic carbocycles. The summed E-state index contributed by atoms with van der Waals surface area (Å²) < 4.78 is 0. The van der Waals surface area contributed by atoms with Crippen LogP contribution < -0.4 is 0 Å². The monoisotopic (exact) mass is 305 g/mol. The highest BCUT2D eigenvalue weighted by Gasteiger charge is 2.31. The molecule has 1 aromatic heterocycles. The molecule has 0 unspecified atom stereocenters. The van der Waals surface area contributed by atoms with Gasteiger partial charge in [-0.1, -0.05) is 32.1 Å². The highest BCUT2D eigenvalue weighted by Crippen LogP contribution is 2.34. The van der Waals surface area contributed by atoms with Gasteiger partial charge < -0.3 is 10.0 Å². The van der Waals surface area contributed by atoms with E-state index in [1.54, 1.807) is 0 Å². The fourth-order valence-corrected chi connectivity index (χ4v) is 3.35. The van der Waals surface area contributed by atoms with E-state index in [9.17, 15) is 4.79 Å². The Morgan fingerprint density at radius 2 is 2.19 bits per heavy atom. The van der Waals surface area contributed by atoms with Gasteiger partial charge >= 0.3 is 0 Å². The minimum atomic E-state index is 0.0577. The van der Waals surface area contributed by atoms with Gasteiger partial charge in [0.25, 0.3) is 5.91 Å². The zero-order valence-electron chi connectivity index (χ0n) is 12.8. The number of likely N-dealkylation sites (tertiary alicyclic amines) is 1. The van der Waals surface area contributed by atoms with Crippen molar-refractivity contribution in [2.45, 2.75) is 39.5 Å². The molecule has 21 heavy (non-hydrogen) atoms. The number of carbonyl (C=O) groups is 1. The van der Waals surface area contributed by atoms with Crippen molar-refractivity contribution in [2.75, 3.05) is 19.7 Å². The van der Waals surface area contributed by atoms with Crippen LogP contribution in [-0.4, -0.2) is 35.6 Å². The fraction of sp³-hybridized carbons (Fsp3) is 0.588. The lowest BCUT2D eigenvalue weighted by Crippen LogP contribution is -2.41. The van der Waals surface area contributed by atoms with Gasteiger partial charge in [-0.15, -0.1) is 11.3 Å². The first-order chi connectivity index (χ1) is 10.1. The molecule has 0 aromatic carbocycles. The Kier molecular flexibility index (Phi) is 5.44. The Hall–Kier alpha value is -1.31. The van der Waals surface area contributed by atoms with E-state index in [0.29, 0.717) is 11.8 Å². The second-order valence-electron chi connectivity index (χ2n) is 5.90. The molecule has 1 saturated heterocycles. The third-order valence-electron chi connectivity index (χ3n) is 4.43. The number of thiophene rings is 1. The van der Waals surface area contributed by atoms with Gasteiger partial charge in [0.15, 0.2) is 0 Å². The molecular formula is C17H23NO2S. The lowest BCUT2D eigenvalue weighted by atomic mass is 9.78. The molecule has 2 rings (SSSR count). The van der Waals surface area contributed by atoms with E-state index in [2.05, 4.69) is 25.7 Å². The van der Waals surface area contributed by atoms with Gasteiger partial charge in [0.05, 0.1) is 6.61 Å². The molecule has 1 N–H and O–H groups in total. The highest BCUT2D eigenvalue weighted by atomic mass is 32.1. The third kappa shape index (κ3) is 3.87. The average molecular weight is 305 g/mol. The summed E-state index contributed by atoms with van der Waals surface area (Å²) in [6.45, 7) is 6.27. The summed E-state index contributed by atoms with van der Waals surface area (Å²) in [4.78, 5) is 15.3. The van der Waals surface area contributed by atoms with Crippen LogP contribution in [0, 0.1) is 17.3 Å². The molecule has 1 aliphatic heterocycles. The van der Waals surface area contributed by atoms with Crippen molar-refractivity contribution in [3.63, 3.8) is 0 Å². The van der Waals surface area contributed by atoms with Crippen LogP contribution in [0.3, 0.4) is 0 Å². The molecule has 1 fully saturated rings. The van der Waals surface area contributed by atoms with Gasteiger partial charge in [-0.25, -0.2) is 0 Å². The van der Waals surface area contributed by atoms with Gasteiger partial charge in [0, 0.05) is 25.1 Å². The lowest BCUT2D eigenvalue weighted by Gasteiger charge is -2.38. The zero-order chi connectivity index (χ0) is 15.3. The molecule has 1 amide bonds. The molecule has 2 heterocycles. The van der Waals surface area contributed by atoms with E-state index < -0.39 is 0 Å². The van der Waals surface area contributed by atoms with Crippen molar-refractivity contribution in [3.05, 3.63) is 21.9 Å². The summed E-state index contributed by atoms with van der Waals surface area (Å²) in [7, 11) is 0. The standard InChI is InChI=1S/C17H23NO2S/c1-3-17(2)8-10-18(11-9-17)16(20)15-14(7-13-21-15)6-4-5-12-19/h7,13,19H,3,5,8-12H2,1-2H3. The molecule has 0 spiro atoms. The van der Waals surface area contributed by atoms with Crippen molar-refractivity contribution in [1.82, 2.24) is 4.90 Å². The first kappa shape index (κ1) is 16.1. The maximum atomic E-state index is 12.6. The third-order valence-corrected chi connectivity index (χ3v) is 5.33. The number of piperidine rings is 1. The molecule has 1 aromatic rings. The zero-order valence-corrected chi connectivity index (χ0v) is 13.6. The number of aliphatic hydroxyl groups excluding tert-OH is 1. The van der Waals surface area contributed by atoms with E-state index in [0.717, 1.165) is 36.4 Å². The van der Waals surface area contributed by atoms with Gasteiger partial charge in [-0.05, 0) is 29.7 Å². The Balaban J connectivity index is 2.05. The Labute approximate surface area is 131 Å². The molecule has 0 radical (unpaired) electrons. The molecule has 3 nitrogen and oxygen atoms in total.